The minimum atomic E-state index is 0.131. The summed E-state index contributed by atoms with van der Waals surface area (Å²) in [7, 11) is 0. The Hall–Kier alpha value is -0.350. The largest absolute Gasteiger partial charge is 0.378 e. The van der Waals surface area contributed by atoms with E-state index in [-0.39, 0.29) is 5.41 Å². The molecule has 0 amide bonds. The molecule has 0 fully saturated rings. The van der Waals surface area contributed by atoms with Gasteiger partial charge in [0.25, 0.3) is 0 Å². The Balaban J connectivity index is 2.83. The van der Waals surface area contributed by atoms with Crippen LogP contribution in [0, 0.1) is 5.41 Å². The van der Waals surface area contributed by atoms with Crippen LogP contribution >= 0.6 is 24.0 Å². The first-order chi connectivity index (χ1) is 5.38. The second kappa shape index (κ2) is 3.18. The molecule has 12 heavy (non-hydrogen) atoms. The average Bonchev–Trinajstić information content (AvgIpc) is 2.06. The summed E-state index contributed by atoms with van der Waals surface area (Å²) in [6.45, 7) is 6.37. The molecule has 0 unspecified atom stereocenters. The van der Waals surface area contributed by atoms with E-state index in [2.05, 4.69) is 31.8 Å². The van der Waals surface area contributed by atoms with Crippen molar-refractivity contribution in [2.24, 2.45) is 16.1 Å². The van der Waals surface area contributed by atoms with Crippen LogP contribution in [0.15, 0.2) is 16.0 Å². The van der Waals surface area contributed by atoms with Gasteiger partial charge in [-0.15, -0.1) is 0 Å². The van der Waals surface area contributed by atoms with E-state index in [1.165, 1.54) is 11.8 Å². The molecule has 2 N–H and O–H groups in total. The third-order valence-corrected chi connectivity index (χ3v) is 2.47. The second-order valence-electron chi connectivity index (χ2n) is 3.73. The lowest BCUT2D eigenvalue weighted by molar-refractivity contribution is 0.544. The monoisotopic (exact) mass is 200 g/mol. The molecule has 0 atom stereocenters. The summed E-state index contributed by atoms with van der Waals surface area (Å²) < 4.78 is 0. The molecule has 1 aliphatic heterocycles. The van der Waals surface area contributed by atoms with Crippen molar-refractivity contribution in [2.45, 2.75) is 20.8 Å². The predicted molar refractivity (Wildman–Crippen MR) is 59.3 cm³/mol. The summed E-state index contributed by atoms with van der Waals surface area (Å²) in [5, 5.41) is 0.551. The quantitative estimate of drug-likeness (QED) is 0.481. The van der Waals surface area contributed by atoms with Crippen molar-refractivity contribution in [3.8, 4) is 0 Å². The molecular weight excluding hydrogens is 188 g/mol. The van der Waals surface area contributed by atoms with Crippen molar-refractivity contribution in [1.29, 1.82) is 0 Å². The lowest BCUT2D eigenvalue weighted by Gasteiger charge is -2.12. The van der Waals surface area contributed by atoms with Crippen LogP contribution in [-0.4, -0.2) is 10.2 Å². The van der Waals surface area contributed by atoms with E-state index < -0.39 is 0 Å². The molecule has 0 radical (unpaired) electrons. The summed E-state index contributed by atoms with van der Waals surface area (Å²) in [6.07, 6.45) is 2.10. The second-order valence-corrected chi connectivity index (χ2v) is 5.18. The Bertz CT molecular complexity index is 271. The van der Waals surface area contributed by atoms with E-state index in [0.717, 1.165) is 4.91 Å². The Morgan fingerprint density at radius 2 is 2.08 bits per heavy atom. The normalized spacial score (nSPS) is 21.8. The fourth-order valence-corrected chi connectivity index (χ4v) is 2.07. The molecule has 1 aliphatic rings. The number of nitrogens with zero attached hydrogens (tertiary/aromatic N) is 1. The highest BCUT2D eigenvalue weighted by atomic mass is 32.2. The Morgan fingerprint density at radius 1 is 1.50 bits per heavy atom. The van der Waals surface area contributed by atoms with Gasteiger partial charge in [0.15, 0.2) is 5.17 Å². The first kappa shape index (κ1) is 9.74. The summed E-state index contributed by atoms with van der Waals surface area (Å²) in [5.41, 5.74) is 5.65. The molecule has 0 aromatic carbocycles. The van der Waals surface area contributed by atoms with Crippen LogP contribution in [-0.2, 0) is 0 Å². The number of rotatable bonds is 0. The van der Waals surface area contributed by atoms with Gasteiger partial charge in [0.1, 0.15) is 4.99 Å². The molecular formula is C8H12N2S2. The van der Waals surface area contributed by atoms with Crippen LogP contribution in [0.25, 0.3) is 0 Å². The zero-order valence-corrected chi connectivity index (χ0v) is 9.05. The molecule has 0 spiro atoms. The third kappa shape index (κ3) is 2.60. The minimum absolute atomic E-state index is 0.131. The minimum Gasteiger partial charge on any atom is -0.378 e. The molecule has 1 rings (SSSR count). The average molecular weight is 200 g/mol. The van der Waals surface area contributed by atoms with E-state index in [0.29, 0.717) is 10.2 Å². The smallest absolute Gasteiger partial charge is 0.165 e. The summed E-state index contributed by atoms with van der Waals surface area (Å²) >= 11 is 6.48. The van der Waals surface area contributed by atoms with Crippen molar-refractivity contribution in [1.82, 2.24) is 0 Å². The molecule has 0 saturated carbocycles. The van der Waals surface area contributed by atoms with Crippen molar-refractivity contribution in [3.05, 3.63) is 11.0 Å². The highest BCUT2D eigenvalue weighted by molar-refractivity contribution is 8.19. The van der Waals surface area contributed by atoms with E-state index in [1.807, 2.05) is 0 Å². The van der Waals surface area contributed by atoms with Gasteiger partial charge >= 0.3 is 0 Å². The van der Waals surface area contributed by atoms with E-state index >= 15 is 0 Å². The number of hydrogen-bond donors (Lipinski definition) is 1. The number of allylic oxidation sites excluding steroid dienone is 1. The van der Waals surface area contributed by atoms with Gasteiger partial charge < -0.3 is 5.73 Å². The van der Waals surface area contributed by atoms with Gasteiger partial charge in [-0.3, -0.25) is 0 Å². The van der Waals surface area contributed by atoms with Crippen molar-refractivity contribution in [2.75, 3.05) is 0 Å². The maximum atomic E-state index is 5.52. The number of nitrogens with two attached hydrogens (primary N) is 1. The summed E-state index contributed by atoms with van der Waals surface area (Å²) in [6, 6.07) is 0. The van der Waals surface area contributed by atoms with Crippen molar-refractivity contribution >= 4 is 34.1 Å². The van der Waals surface area contributed by atoms with Crippen LogP contribution in [0.5, 0.6) is 0 Å². The molecule has 0 aromatic heterocycles. The van der Waals surface area contributed by atoms with Crippen LogP contribution < -0.4 is 5.73 Å². The molecule has 4 heteroatoms. The molecule has 0 saturated heterocycles. The lowest BCUT2D eigenvalue weighted by Crippen LogP contribution is -2.03. The van der Waals surface area contributed by atoms with Crippen molar-refractivity contribution < 1.29 is 0 Å². The van der Waals surface area contributed by atoms with Gasteiger partial charge in [0, 0.05) is 4.91 Å². The molecule has 2 nitrogen and oxygen atoms in total. The number of thioether (sulfide) groups is 1. The maximum Gasteiger partial charge on any atom is 0.165 e. The molecule has 0 aromatic rings. The molecule has 66 valence electrons. The first-order valence-electron chi connectivity index (χ1n) is 3.68. The molecule has 0 aliphatic carbocycles. The predicted octanol–water partition coefficient (Wildman–Crippen LogP) is 2.31. The van der Waals surface area contributed by atoms with E-state index in [9.17, 15) is 0 Å². The fourth-order valence-electron chi connectivity index (χ4n) is 0.819. The van der Waals surface area contributed by atoms with Crippen molar-refractivity contribution in [3.63, 3.8) is 0 Å². The number of thiocarbonyl (C=S) groups is 1. The Morgan fingerprint density at radius 3 is 2.42 bits per heavy atom. The van der Waals surface area contributed by atoms with Gasteiger partial charge in [-0.05, 0) is 17.2 Å². The van der Waals surface area contributed by atoms with Crippen LogP contribution in [0.3, 0.4) is 0 Å². The summed E-state index contributed by atoms with van der Waals surface area (Å²) in [5.74, 6) is 0. The highest BCUT2D eigenvalue weighted by Crippen LogP contribution is 2.30. The maximum absolute atomic E-state index is 5.52. The topological polar surface area (TPSA) is 38.4 Å². The van der Waals surface area contributed by atoms with E-state index in [1.54, 1.807) is 0 Å². The first-order valence-corrected chi connectivity index (χ1v) is 4.90. The number of amidine groups is 1. The Kier molecular flexibility index (Phi) is 2.58. The van der Waals surface area contributed by atoms with Crippen LogP contribution in [0.1, 0.15) is 20.8 Å². The fraction of sp³-hybridized carbons (Fsp3) is 0.500. The summed E-state index contributed by atoms with van der Waals surface area (Å²) in [4.78, 5) is 5.60. The molecule has 1 heterocycles. The van der Waals surface area contributed by atoms with Crippen LogP contribution in [0.4, 0.5) is 0 Å². The van der Waals surface area contributed by atoms with Gasteiger partial charge in [0.2, 0.25) is 0 Å². The lowest BCUT2D eigenvalue weighted by atomic mass is 9.96. The standard InChI is InChI=1S/C8H12N2S2/c1-8(2,3)4-5-6(11)10-7(9)12-5/h4H,1-3H3,(H2,9,10,11)/b5-4-. The van der Waals surface area contributed by atoms with Gasteiger partial charge in [0.05, 0.1) is 0 Å². The zero-order valence-electron chi connectivity index (χ0n) is 7.42. The number of hydrogen-bond acceptors (Lipinski definition) is 3. The van der Waals surface area contributed by atoms with Gasteiger partial charge in [-0.1, -0.05) is 39.1 Å². The Labute approximate surface area is 82.3 Å². The van der Waals surface area contributed by atoms with Gasteiger partial charge in [-0.25, -0.2) is 4.99 Å². The zero-order chi connectivity index (χ0) is 9.35. The van der Waals surface area contributed by atoms with E-state index in [4.69, 9.17) is 18.0 Å². The molecule has 0 bridgehead atoms. The number of aliphatic imine (C=N–C) groups is 1. The van der Waals surface area contributed by atoms with Gasteiger partial charge in [-0.2, -0.15) is 0 Å². The third-order valence-electron chi connectivity index (χ3n) is 1.20. The SMILES string of the molecule is CC(C)(C)/C=C1\SC(N)=NC1=S. The van der Waals surface area contributed by atoms with Crippen LogP contribution in [0.2, 0.25) is 0 Å². The highest BCUT2D eigenvalue weighted by Gasteiger charge is 2.18.